The zero-order chi connectivity index (χ0) is 21.8. The van der Waals surface area contributed by atoms with E-state index in [1.165, 1.54) is 9.87 Å². The van der Waals surface area contributed by atoms with Crippen molar-refractivity contribution in [2.75, 3.05) is 25.9 Å². The molecule has 1 aliphatic rings. The molecule has 1 fully saturated rings. The average molecular weight is 429 g/mol. The van der Waals surface area contributed by atoms with Crippen LogP contribution in [0.4, 0.5) is 0 Å². The SMILES string of the molecule is CCc1ccc(CN(C)C(=O)C2(c3ccccc3)CCN(S(=O)(=O)CC)CC2)cc1. The van der Waals surface area contributed by atoms with Crippen molar-refractivity contribution in [2.45, 2.75) is 45.1 Å². The van der Waals surface area contributed by atoms with Gasteiger partial charge < -0.3 is 4.90 Å². The summed E-state index contributed by atoms with van der Waals surface area (Å²) in [6.07, 6.45) is 1.98. The first-order valence-corrected chi connectivity index (χ1v) is 12.3. The fourth-order valence-electron chi connectivity index (χ4n) is 4.30. The van der Waals surface area contributed by atoms with Crippen molar-refractivity contribution < 1.29 is 13.2 Å². The molecule has 5 nitrogen and oxygen atoms in total. The van der Waals surface area contributed by atoms with Gasteiger partial charge in [-0.2, -0.15) is 0 Å². The van der Waals surface area contributed by atoms with Crippen LogP contribution >= 0.6 is 0 Å². The zero-order valence-electron chi connectivity index (χ0n) is 18.2. The Morgan fingerprint density at radius 1 is 0.967 bits per heavy atom. The molecule has 1 amide bonds. The van der Waals surface area contributed by atoms with E-state index in [1.54, 1.807) is 11.8 Å². The summed E-state index contributed by atoms with van der Waals surface area (Å²) in [6, 6.07) is 18.2. The first kappa shape index (κ1) is 22.5. The van der Waals surface area contributed by atoms with Crippen LogP contribution < -0.4 is 0 Å². The molecule has 0 radical (unpaired) electrons. The molecule has 2 aromatic carbocycles. The second-order valence-electron chi connectivity index (χ2n) is 8.08. The summed E-state index contributed by atoms with van der Waals surface area (Å²) in [7, 11) is -1.40. The average Bonchev–Trinajstić information content (AvgIpc) is 2.79. The number of carbonyl (C=O) groups is 1. The van der Waals surface area contributed by atoms with E-state index in [-0.39, 0.29) is 11.7 Å². The predicted octanol–water partition coefficient (Wildman–Crippen LogP) is 3.59. The van der Waals surface area contributed by atoms with E-state index in [2.05, 4.69) is 31.2 Å². The second-order valence-corrected chi connectivity index (χ2v) is 10.3. The Kier molecular flexibility index (Phi) is 6.98. The maximum Gasteiger partial charge on any atom is 0.233 e. The third-order valence-corrected chi connectivity index (χ3v) is 8.15. The van der Waals surface area contributed by atoms with Gasteiger partial charge in [-0.15, -0.1) is 0 Å². The van der Waals surface area contributed by atoms with Gasteiger partial charge in [0.1, 0.15) is 0 Å². The summed E-state index contributed by atoms with van der Waals surface area (Å²) in [5.74, 6) is 0.147. The lowest BCUT2D eigenvalue weighted by Crippen LogP contribution is -2.53. The van der Waals surface area contributed by atoms with Crippen LogP contribution in [0, 0.1) is 0 Å². The number of benzene rings is 2. The van der Waals surface area contributed by atoms with Crippen molar-refractivity contribution in [1.29, 1.82) is 0 Å². The molecule has 0 bridgehead atoms. The topological polar surface area (TPSA) is 57.7 Å². The third kappa shape index (κ3) is 4.60. The highest BCUT2D eigenvalue weighted by Crippen LogP contribution is 2.38. The minimum absolute atomic E-state index is 0.0572. The first-order valence-electron chi connectivity index (χ1n) is 10.7. The molecule has 30 heavy (non-hydrogen) atoms. The van der Waals surface area contributed by atoms with Gasteiger partial charge in [0.25, 0.3) is 0 Å². The Balaban J connectivity index is 1.84. The summed E-state index contributed by atoms with van der Waals surface area (Å²) in [5.41, 5.74) is 2.64. The van der Waals surface area contributed by atoms with Crippen LogP contribution in [0.2, 0.25) is 0 Å². The molecule has 0 aromatic heterocycles. The fourth-order valence-corrected chi connectivity index (χ4v) is 5.41. The molecule has 2 aromatic rings. The van der Waals surface area contributed by atoms with Crippen molar-refractivity contribution in [3.8, 4) is 0 Å². The Morgan fingerprint density at radius 2 is 1.53 bits per heavy atom. The minimum atomic E-state index is -3.25. The highest BCUT2D eigenvalue weighted by Gasteiger charge is 2.45. The van der Waals surface area contributed by atoms with Gasteiger partial charge in [0.05, 0.1) is 11.2 Å². The van der Waals surface area contributed by atoms with E-state index < -0.39 is 15.4 Å². The molecule has 0 saturated carbocycles. The molecule has 1 heterocycles. The van der Waals surface area contributed by atoms with Crippen LogP contribution in [0.1, 0.15) is 43.4 Å². The monoisotopic (exact) mass is 428 g/mol. The number of hydrogen-bond donors (Lipinski definition) is 0. The molecule has 1 saturated heterocycles. The lowest BCUT2D eigenvalue weighted by molar-refractivity contribution is -0.138. The Morgan fingerprint density at radius 3 is 2.07 bits per heavy atom. The van der Waals surface area contributed by atoms with Crippen LogP contribution in [0.5, 0.6) is 0 Å². The van der Waals surface area contributed by atoms with Gasteiger partial charge in [0.15, 0.2) is 0 Å². The largest absolute Gasteiger partial charge is 0.341 e. The standard InChI is InChI=1S/C24H32N2O3S/c1-4-20-11-13-21(14-12-20)19-25(3)23(27)24(22-9-7-6-8-10-22)15-17-26(18-16-24)30(28,29)5-2/h6-14H,4-5,15-19H2,1-3H3. The van der Waals surface area contributed by atoms with Gasteiger partial charge in [0, 0.05) is 26.7 Å². The molecular weight excluding hydrogens is 396 g/mol. The normalized spacial score (nSPS) is 16.9. The van der Waals surface area contributed by atoms with E-state index in [0.29, 0.717) is 32.5 Å². The van der Waals surface area contributed by atoms with E-state index in [4.69, 9.17) is 0 Å². The van der Waals surface area contributed by atoms with Gasteiger partial charge in [-0.25, -0.2) is 12.7 Å². The number of hydrogen-bond acceptors (Lipinski definition) is 3. The molecule has 1 aliphatic heterocycles. The van der Waals surface area contributed by atoms with Gasteiger partial charge in [-0.05, 0) is 42.9 Å². The quantitative estimate of drug-likeness (QED) is 0.677. The maximum atomic E-state index is 13.7. The Labute approximate surface area is 180 Å². The predicted molar refractivity (Wildman–Crippen MR) is 121 cm³/mol. The number of piperidine rings is 1. The molecule has 0 atom stereocenters. The second kappa shape index (κ2) is 9.31. The summed E-state index contributed by atoms with van der Waals surface area (Å²) < 4.78 is 26.2. The number of amides is 1. The van der Waals surface area contributed by atoms with Crippen LogP contribution in [0.15, 0.2) is 54.6 Å². The maximum absolute atomic E-state index is 13.7. The smallest absolute Gasteiger partial charge is 0.233 e. The minimum Gasteiger partial charge on any atom is -0.341 e. The lowest BCUT2D eigenvalue weighted by atomic mass is 9.72. The number of likely N-dealkylation sites (N-methyl/N-ethyl adjacent to an activating group) is 1. The van der Waals surface area contributed by atoms with Crippen LogP contribution in [0.3, 0.4) is 0 Å². The number of sulfonamides is 1. The van der Waals surface area contributed by atoms with E-state index in [9.17, 15) is 13.2 Å². The molecule has 0 unspecified atom stereocenters. The Hall–Kier alpha value is -2.18. The molecule has 0 aliphatic carbocycles. The van der Waals surface area contributed by atoms with Gasteiger partial charge in [-0.3, -0.25) is 4.79 Å². The molecule has 162 valence electrons. The molecular formula is C24H32N2O3S. The highest BCUT2D eigenvalue weighted by molar-refractivity contribution is 7.89. The summed E-state index contributed by atoms with van der Waals surface area (Å²) >= 11 is 0. The van der Waals surface area contributed by atoms with Crippen molar-refractivity contribution in [3.63, 3.8) is 0 Å². The van der Waals surface area contributed by atoms with E-state index in [1.807, 2.05) is 37.4 Å². The first-order chi connectivity index (χ1) is 14.3. The third-order valence-electron chi connectivity index (χ3n) is 6.27. The molecule has 3 rings (SSSR count). The summed E-state index contributed by atoms with van der Waals surface area (Å²) in [5, 5.41) is 0. The van der Waals surface area contributed by atoms with Crippen LogP contribution in [0.25, 0.3) is 0 Å². The zero-order valence-corrected chi connectivity index (χ0v) is 19.0. The summed E-state index contributed by atoms with van der Waals surface area (Å²) in [6.45, 7) is 5.07. The molecule has 0 spiro atoms. The van der Waals surface area contributed by atoms with Crippen molar-refractivity contribution in [1.82, 2.24) is 9.21 Å². The van der Waals surface area contributed by atoms with Crippen LogP contribution in [-0.4, -0.2) is 49.4 Å². The van der Waals surface area contributed by atoms with Gasteiger partial charge >= 0.3 is 0 Å². The highest BCUT2D eigenvalue weighted by atomic mass is 32.2. The van der Waals surface area contributed by atoms with Crippen molar-refractivity contribution >= 4 is 15.9 Å². The summed E-state index contributed by atoms with van der Waals surface area (Å²) in [4.78, 5) is 15.5. The van der Waals surface area contributed by atoms with Gasteiger partial charge in [-0.1, -0.05) is 61.5 Å². The molecule has 0 N–H and O–H groups in total. The fraction of sp³-hybridized carbons (Fsp3) is 0.458. The number of rotatable bonds is 7. The number of nitrogens with zero attached hydrogens (tertiary/aromatic N) is 2. The number of carbonyl (C=O) groups excluding carboxylic acids is 1. The van der Waals surface area contributed by atoms with Gasteiger partial charge in [0.2, 0.25) is 15.9 Å². The van der Waals surface area contributed by atoms with Crippen molar-refractivity contribution in [2.24, 2.45) is 0 Å². The van der Waals surface area contributed by atoms with Crippen LogP contribution in [-0.2, 0) is 33.2 Å². The van der Waals surface area contributed by atoms with Crippen molar-refractivity contribution in [3.05, 3.63) is 71.3 Å². The lowest BCUT2D eigenvalue weighted by Gasteiger charge is -2.42. The van der Waals surface area contributed by atoms with E-state index in [0.717, 1.165) is 17.5 Å². The Bertz CT molecular complexity index is 948. The van der Waals surface area contributed by atoms with E-state index >= 15 is 0 Å². The molecule has 6 heteroatoms. The number of aryl methyl sites for hydroxylation is 1.